The van der Waals surface area contributed by atoms with Gasteiger partial charge < -0.3 is 5.32 Å². The van der Waals surface area contributed by atoms with Crippen molar-refractivity contribution in [3.63, 3.8) is 0 Å². The molecule has 2 aromatic carbocycles. The SMILES string of the molecule is CC(CC(=O)c1ccccc1)NC(=S)c1ccccc1. The van der Waals surface area contributed by atoms with E-state index in [2.05, 4.69) is 5.32 Å². The molecule has 1 unspecified atom stereocenters. The maximum atomic E-state index is 12.1. The zero-order valence-corrected chi connectivity index (χ0v) is 12.2. The minimum atomic E-state index is 0.00964. The number of carbonyl (C=O) groups excluding carboxylic acids is 1. The predicted molar refractivity (Wildman–Crippen MR) is 86.1 cm³/mol. The molecule has 0 spiro atoms. The maximum absolute atomic E-state index is 12.1. The van der Waals surface area contributed by atoms with Crippen LogP contribution in [0.2, 0.25) is 0 Å². The summed E-state index contributed by atoms with van der Waals surface area (Å²) >= 11 is 5.34. The Morgan fingerprint density at radius 1 is 1.00 bits per heavy atom. The van der Waals surface area contributed by atoms with Crippen LogP contribution >= 0.6 is 12.2 Å². The third-order valence-corrected chi connectivity index (χ3v) is 3.35. The molecule has 0 saturated carbocycles. The summed E-state index contributed by atoms with van der Waals surface area (Å²) in [4.78, 5) is 12.8. The van der Waals surface area contributed by atoms with Gasteiger partial charge in [-0.15, -0.1) is 0 Å². The molecular formula is C17H17NOS. The molecular weight excluding hydrogens is 266 g/mol. The molecule has 0 fully saturated rings. The van der Waals surface area contributed by atoms with Crippen molar-refractivity contribution >= 4 is 23.0 Å². The van der Waals surface area contributed by atoms with Crippen molar-refractivity contribution in [2.45, 2.75) is 19.4 Å². The van der Waals surface area contributed by atoms with Gasteiger partial charge in [0.25, 0.3) is 0 Å². The van der Waals surface area contributed by atoms with Gasteiger partial charge in [-0.05, 0) is 6.92 Å². The molecule has 0 saturated heterocycles. The third kappa shape index (κ3) is 4.00. The van der Waals surface area contributed by atoms with Crippen LogP contribution in [0.1, 0.15) is 29.3 Å². The van der Waals surface area contributed by atoms with Crippen LogP contribution in [-0.2, 0) is 0 Å². The van der Waals surface area contributed by atoms with Crippen LogP contribution < -0.4 is 5.32 Å². The van der Waals surface area contributed by atoms with Gasteiger partial charge in [-0.1, -0.05) is 72.9 Å². The zero-order valence-electron chi connectivity index (χ0n) is 11.4. The molecule has 0 radical (unpaired) electrons. The predicted octanol–water partition coefficient (Wildman–Crippen LogP) is 3.61. The van der Waals surface area contributed by atoms with E-state index >= 15 is 0 Å². The molecule has 102 valence electrons. The first-order valence-electron chi connectivity index (χ1n) is 6.61. The molecule has 20 heavy (non-hydrogen) atoms. The number of thiocarbonyl (C=S) groups is 1. The summed E-state index contributed by atoms with van der Waals surface area (Å²) in [5, 5.41) is 3.21. The Morgan fingerprint density at radius 3 is 2.05 bits per heavy atom. The number of hydrogen-bond acceptors (Lipinski definition) is 2. The van der Waals surface area contributed by atoms with Gasteiger partial charge in [-0.25, -0.2) is 0 Å². The van der Waals surface area contributed by atoms with Crippen LogP contribution in [0.5, 0.6) is 0 Å². The average molecular weight is 283 g/mol. The second-order valence-electron chi connectivity index (χ2n) is 4.73. The van der Waals surface area contributed by atoms with Crippen LogP contribution in [0.3, 0.4) is 0 Å². The highest BCUT2D eigenvalue weighted by Crippen LogP contribution is 2.07. The van der Waals surface area contributed by atoms with E-state index in [9.17, 15) is 4.79 Å². The largest absolute Gasteiger partial charge is 0.373 e. The van der Waals surface area contributed by atoms with Crippen molar-refractivity contribution in [3.8, 4) is 0 Å². The Morgan fingerprint density at radius 2 is 1.50 bits per heavy atom. The molecule has 2 nitrogen and oxygen atoms in total. The second kappa shape index (κ2) is 6.96. The number of Topliss-reactive ketones (excluding diaryl/α,β-unsaturated/α-hetero) is 1. The van der Waals surface area contributed by atoms with Crippen molar-refractivity contribution in [2.24, 2.45) is 0 Å². The fraction of sp³-hybridized carbons (Fsp3) is 0.176. The zero-order chi connectivity index (χ0) is 14.4. The van der Waals surface area contributed by atoms with E-state index in [0.29, 0.717) is 11.4 Å². The highest BCUT2D eigenvalue weighted by Gasteiger charge is 2.12. The minimum Gasteiger partial charge on any atom is -0.373 e. The summed E-state index contributed by atoms with van der Waals surface area (Å²) < 4.78 is 0. The van der Waals surface area contributed by atoms with Crippen molar-refractivity contribution < 1.29 is 4.79 Å². The molecule has 0 aliphatic heterocycles. The summed E-state index contributed by atoms with van der Waals surface area (Å²) in [5.74, 6) is 0.126. The van der Waals surface area contributed by atoms with Gasteiger partial charge in [-0.2, -0.15) is 0 Å². The van der Waals surface area contributed by atoms with Crippen molar-refractivity contribution in [2.75, 3.05) is 0 Å². The summed E-state index contributed by atoms with van der Waals surface area (Å²) in [5.41, 5.74) is 1.72. The number of rotatable bonds is 5. The van der Waals surface area contributed by atoms with Crippen LogP contribution in [0.25, 0.3) is 0 Å². The molecule has 0 bridgehead atoms. The number of ketones is 1. The Balaban J connectivity index is 1.91. The lowest BCUT2D eigenvalue weighted by Gasteiger charge is -2.15. The lowest BCUT2D eigenvalue weighted by molar-refractivity contribution is 0.0974. The van der Waals surface area contributed by atoms with Gasteiger partial charge in [-0.3, -0.25) is 4.79 Å². The Bertz CT molecular complexity index is 527. The summed E-state index contributed by atoms with van der Waals surface area (Å²) in [7, 11) is 0. The van der Waals surface area contributed by atoms with Crippen LogP contribution in [0.15, 0.2) is 60.7 Å². The van der Waals surface area contributed by atoms with Gasteiger partial charge in [0.2, 0.25) is 0 Å². The Kier molecular flexibility index (Phi) is 5.02. The highest BCUT2D eigenvalue weighted by molar-refractivity contribution is 7.80. The van der Waals surface area contributed by atoms with E-state index in [4.69, 9.17) is 12.2 Å². The molecule has 0 heterocycles. The lowest BCUT2D eigenvalue weighted by atomic mass is 10.0. The average Bonchev–Trinajstić information content (AvgIpc) is 2.49. The quantitative estimate of drug-likeness (QED) is 0.671. The van der Waals surface area contributed by atoms with Gasteiger partial charge >= 0.3 is 0 Å². The van der Waals surface area contributed by atoms with E-state index in [-0.39, 0.29) is 11.8 Å². The number of hydrogen-bond donors (Lipinski definition) is 1. The molecule has 1 atom stereocenters. The Hall–Kier alpha value is -2.00. The second-order valence-corrected chi connectivity index (χ2v) is 5.14. The molecule has 0 aliphatic carbocycles. The van der Waals surface area contributed by atoms with Gasteiger partial charge in [0.15, 0.2) is 5.78 Å². The van der Waals surface area contributed by atoms with Gasteiger partial charge in [0.1, 0.15) is 4.99 Å². The first-order valence-corrected chi connectivity index (χ1v) is 7.02. The third-order valence-electron chi connectivity index (χ3n) is 3.00. The molecule has 2 rings (SSSR count). The van der Waals surface area contributed by atoms with Crippen molar-refractivity contribution in [1.82, 2.24) is 5.32 Å². The molecule has 3 heteroatoms. The fourth-order valence-corrected chi connectivity index (χ4v) is 2.30. The van der Waals surface area contributed by atoms with Crippen LogP contribution in [0.4, 0.5) is 0 Å². The topological polar surface area (TPSA) is 29.1 Å². The van der Waals surface area contributed by atoms with Crippen LogP contribution in [0, 0.1) is 0 Å². The number of carbonyl (C=O) groups is 1. The molecule has 0 aliphatic rings. The summed E-state index contributed by atoms with van der Waals surface area (Å²) in [6, 6.07) is 19.1. The summed E-state index contributed by atoms with van der Waals surface area (Å²) in [6.07, 6.45) is 0.428. The lowest BCUT2D eigenvalue weighted by Crippen LogP contribution is -2.33. The van der Waals surface area contributed by atoms with E-state index in [0.717, 1.165) is 11.1 Å². The normalized spacial score (nSPS) is 11.7. The number of benzene rings is 2. The first-order chi connectivity index (χ1) is 9.66. The minimum absolute atomic E-state index is 0.00964. The smallest absolute Gasteiger partial charge is 0.164 e. The van der Waals surface area contributed by atoms with E-state index in [1.807, 2.05) is 67.6 Å². The molecule has 2 aromatic rings. The summed E-state index contributed by atoms with van der Waals surface area (Å²) in [6.45, 7) is 1.97. The van der Waals surface area contributed by atoms with E-state index < -0.39 is 0 Å². The molecule has 0 aromatic heterocycles. The molecule has 1 N–H and O–H groups in total. The maximum Gasteiger partial charge on any atom is 0.164 e. The fourth-order valence-electron chi connectivity index (χ4n) is 1.97. The van der Waals surface area contributed by atoms with E-state index in [1.165, 1.54) is 0 Å². The van der Waals surface area contributed by atoms with Gasteiger partial charge in [0, 0.05) is 23.6 Å². The first kappa shape index (κ1) is 14.4. The van der Waals surface area contributed by atoms with Crippen molar-refractivity contribution in [3.05, 3.63) is 71.8 Å². The number of nitrogens with one attached hydrogen (secondary N) is 1. The van der Waals surface area contributed by atoms with E-state index in [1.54, 1.807) is 0 Å². The Labute approximate surface area is 124 Å². The van der Waals surface area contributed by atoms with Crippen LogP contribution in [-0.4, -0.2) is 16.8 Å². The van der Waals surface area contributed by atoms with Crippen molar-refractivity contribution in [1.29, 1.82) is 0 Å². The monoisotopic (exact) mass is 283 g/mol. The molecule has 0 amide bonds. The standard InChI is InChI=1S/C17H17NOS/c1-13(12-16(19)14-8-4-2-5-9-14)18-17(20)15-10-6-3-7-11-15/h2-11,13H,12H2,1H3,(H,18,20). The van der Waals surface area contributed by atoms with Gasteiger partial charge in [0.05, 0.1) is 0 Å². The highest BCUT2D eigenvalue weighted by atomic mass is 32.1.